The first kappa shape index (κ1) is 24.9. The van der Waals surface area contributed by atoms with Crippen molar-refractivity contribution in [3.63, 3.8) is 0 Å². The molecule has 1 fully saturated rings. The van der Waals surface area contributed by atoms with Crippen molar-refractivity contribution in [1.82, 2.24) is 15.2 Å². The molecule has 0 unspecified atom stereocenters. The van der Waals surface area contributed by atoms with Crippen LogP contribution >= 0.6 is 22.9 Å². The number of carbonyl (C=O) groups is 1. The zero-order chi connectivity index (χ0) is 24.9. The number of halogens is 1. The summed E-state index contributed by atoms with van der Waals surface area (Å²) in [4.78, 5) is 20.9. The summed E-state index contributed by atoms with van der Waals surface area (Å²) in [5.41, 5.74) is 3.38. The molecule has 4 aromatic rings. The third-order valence-electron chi connectivity index (χ3n) is 7.10. The number of rotatable bonds is 8. The summed E-state index contributed by atoms with van der Waals surface area (Å²) < 4.78 is 1.05. The molecule has 0 atom stereocenters. The first-order valence-electron chi connectivity index (χ1n) is 12.8. The van der Waals surface area contributed by atoms with Gasteiger partial charge in [-0.15, -0.1) is 11.3 Å². The van der Waals surface area contributed by atoms with Gasteiger partial charge in [0.1, 0.15) is 4.88 Å². The number of amides is 1. The topological polar surface area (TPSA) is 45.2 Å². The van der Waals surface area contributed by atoms with E-state index in [2.05, 4.69) is 46.4 Å². The van der Waals surface area contributed by atoms with Gasteiger partial charge in [-0.2, -0.15) is 0 Å². The number of aromatic nitrogens is 1. The van der Waals surface area contributed by atoms with E-state index >= 15 is 0 Å². The minimum absolute atomic E-state index is 0.0421. The quantitative estimate of drug-likeness (QED) is 0.262. The van der Waals surface area contributed by atoms with Crippen molar-refractivity contribution in [1.29, 1.82) is 0 Å². The molecule has 1 aliphatic rings. The van der Waals surface area contributed by atoms with Crippen molar-refractivity contribution < 1.29 is 4.79 Å². The first-order chi connectivity index (χ1) is 17.6. The van der Waals surface area contributed by atoms with Crippen LogP contribution in [0.15, 0.2) is 73.1 Å². The molecule has 0 radical (unpaired) electrons. The second-order valence-electron chi connectivity index (χ2n) is 9.57. The van der Waals surface area contributed by atoms with E-state index in [4.69, 9.17) is 11.6 Å². The van der Waals surface area contributed by atoms with Crippen LogP contribution in [0.3, 0.4) is 0 Å². The van der Waals surface area contributed by atoms with Gasteiger partial charge in [0, 0.05) is 41.1 Å². The molecular weight excluding hydrogens is 486 g/mol. The Hall–Kier alpha value is -2.73. The molecule has 2 aromatic carbocycles. The Morgan fingerprint density at radius 3 is 2.56 bits per heavy atom. The van der Waals surface area contributed by atoms with Gasteiger partial charge in [-0.25, -0.2) is 0 Å². The van der Waals surface area contributed by atoms with Crippen LogP contribution in [-0.2, 0) is 6.54 Å². The number of nitrogens with zero attached hydrogens (tertiary/aromatic N) is 2. The SMILES string of the molecule is CCCN[C@H]1CC[C@H](N(Cc2cccc(-c3ccncc3)c2)C(=O)c2sc3ccccc3c2Cl)CC1. The Bertz CT molecular complexity index is 1310. The number of thiophene rings is 1. The molecule has 0 aliphatic heterocycles. The third-order valence-corrected chi connectivity index (χ3v) is 8.77. The second kappa shape index (κ2) is 11.5. The van der Waals surface area contributed by atoms with Crippen LogP contribution in [0, 0.1) is 0 Å². The van der Waals surface area contributed by atoms with E-state index in [9.17, 15) is 4.79 Å². The molecular formula is C30H32ClN3OS. The van der Waals surface area contributed by atoms with Gasteiger partial charge in [-0.05, 0) is 79.6 Å². The van der Waals surface area contributed by atoms with Crippen LogP contribution in [-0.4, -0.2) is 34.4 Å². The maximum atomic E-state index is 14.1. The highest BCUT2D eigenvalue weighted by Crippen LogP contribution is 2.37. The summed E-state index contributed by atoms with van der Waals surface area (Å²) >= 11 is 8.27. The lowest BCUT2D eigenvalue weighted by molar-refractivity contribution is 0.0605. The normalized spacial score (nSPS) is 17.8. The molecule has 2 aromatic heterocycles. The maximum absolute atomic E-state index is 14.1. The van der Waals surface area contributed by atoms with Gasteiger partial charge in [-0.3, -0.25) is 9.78 Å². The molecule has 6 heteroatoms. The van der Waals surface area contributed by atoms with Crippen LogP contribution in [0.4, 0.5) is 0 Å². The van der Waals surface area contributed by atoms with Crippen molar-refractivity contribution in [2.45, 2.75) is 57.7 Å². The molecule has 0 bridgehead atoms. The van der Waals surface area contributed by atoms with Crippen LogP contribution < -0.4 is 5.32 Å². The number of hydrogen-bond acceptors (Lipinski definition) is 4. The summed E-state index contributed by atoms with van der Waals surface area (Å²) in [6, 6.07) is 21.3. The molecule has 1 amide bonds. The van der Waals surface area contributed by atoms with Crippen molar-refractivity contribution in [3.8, 4) is 11.1 Å². The number of nitrogens with one attached hydrogen (secondary N) is 1. The lowest BCUT2D eigenvalue weighted by Crippen LogP contribution is -2.45. The predicted octanol–water partition coefficient (Wildman–Crippen LogP) is 7.57. The Morgan fingerprint density at radius 1 is 1.03 bits per heavy atom. The lowest BCUT2D eigenvalue weighted by Gasteiger charge is -2.37. The standard InChI is InChI=1S/C30H32ClN3OS/c1-2-16-33-24-10-12-25(13-11-24)34(30(35)29-28(31)26-8-3-4-9-27(26)36-29)20-21-6-5-7-23(19-21)22-14-17-32-18-15-22/h3-9,14-15,17-19,24-25,33H,2,10-13,16,20H2,1H3/t24-,25-. The number of fused-ring (bicyclic) bond motifs is 1. The van der Waals surface area contributed by atoms with Crippen LogP contribution in [0.2, 0.25) is 5.02 Å². The molecule has 1 N–H and O–H groups in total. The van der Waals surface area contributed by atoms with Crippen LogP contribution in [0.25, 0.3) is 21.2 Å². The summed E-state index contributed by atoms with van der Waals surface area (Å²) in [6.07, 6.45) is 8.94. The molecule has 36 heavy (non-hydrogen) atoms. The van der Waals surface area contributed by atoms with Gasteiger partial charge in [0.2, 0.25) is 0 Å². The fourth-order valence-corrected chi connectivity index (χ4v) is 6.65. The number of hydrogen-bond donors (Lipinski definition) is 1. The van der Waals surface area contributed by atoms with Gasteiger partial charge in [0.05, 0.1) is 5.02 Å². The van der Waals surface area contributed by atoms with E-state index in [-0.39, 0.29) is 11.9 Å². The van der Waals surface area contributed by atoms with Gasteiger partial charge in [-0.1, -0.05) is 54.9 Å². The van der Waals surface area contributed by atoms with Gasteiger partial charge < -0.3 is 10.2 Å². The minimum Gasteiger partial charge on any atom is -0.331 e. The average Bonchev–Trinajstić information content (AvgIpc) is 3.27. The minimum atomic E-state index is 0.0421. The zero-order valence-corrected chi connectivity index (χ0v) is 22.2. The molecule has 4 nitrogen and oxygen atoms in total. The summed E-state index contributed by atoms with van der Waals surface area (Å²) in [5, 5.41) is 5.20. The smallest absolute Gasteiger partial charge is 0.266 e. The predicted molar refractivity (Wildman–Crippen MR) is 151 cm³/mol. The van der Waals surface area contributed by atoms with Crippen molar-refractivity contribution in [2.75, 3.05) is 6.54 Å². The molecule has 1 aliphatic carbocycles. The highest BCUT2D eigenvalue weighted by molar-refractivity contribution is 7.21. The van der Waals surface area contributed by atoms with Crippen molar-refractivity contribution in [3.05, 3.63) is 88.5 Å². The van der Waals surface area contributed by atoms with E-state index in [0.717, 1.165) is 65.4 Å². The summed E-state index contributed by atoms with van der Waals surface area (Å²) in [5.74, 6) is 0.0421. The largest absolute Gasteiger partial charge is 0.331 e. The highest BCUT2D eigenvalue weighted by Gasteiger charge is 2.31. The van der Waals surface area contributed by atoms with E-state index in [1.165, 1.54) is 11.3 Å². The number of benzene rings is 2. The van der Waals surface area contributed by atoms with E-state index < -0.39 is 0 Å². The Balaban J connectivity index is 1.43. The molecule has 0 spiro atoms. The highest BCUT2D eigenvalue weighted by atomic mass is 35.5. The summed E-state index contributed by atoms with van der Waals surface area (Å²) in [7, 11) is 0. The number of pyridine rings is 1. The Kier molecular flexibility index (Phi) is 8.00. The third kappa shape index (κ3) is 5.49. The Morgan fingerprint density at radius 2 is 1.81 bits per heavy atom. The summed E-state index contributed by atoms with van der Waals surface area (Å²) in [6.45, 7) is 3.82. The zero-order valence-electron chi connectivity index (χ0n) is 20.6. The molecule has 5 rings (SSSR count). The first-order valence-corrected chi connectivity index (χ1v) is 14.0. The molecule has 2 heterocycles. The fraction of sp³-hybridized carbons (Fsp3) is 0.333. The second-order valence-corrected chi connectivity index (χ2v) is 11.0. The average molecular weight is 518 g/mol. The molecule has 1 saturated carbocycles. The maximum Gasteiger partial charge on any atom is 0.266 e. The lowest BCUT2D eigenvalue weighted by atomic mass is 9.89. The van der Waals surface area contributed by atoms with E-state index in [1.54, 1.807) is 0 Å². The van der Waals surface area contributed by atoms with Crippen molar-refractivity contribution in [2.24, 2.45) is 0 Å². The Labute approximate surface area is 222 Å². The monoisotopic (exact) mass is 517 g/mol. The van der Waals surface area contributed by atoms with Crippen LogP contribution in [0.1, 0.15) is 54.3 Å². The van der Waals surface area contributed by atoms with E-state index in [1.807, 2.05) is 48.8 Å². The fourth-order valence-electron chi connectivity index (χ4n) is 5.18. The van der Waals surface area contributed by atoms with Gasteiger partial charge in [0.15, 0.2) is 0 Å². The van der Waals surface area contributed by atoms with Gasteiger partial charge in [0.25, 0.3) is 5.91 Å². The molecule has 186 valence electrons. The van der Waals surface area contributed by atoms with Gasteiger partial charge >= 0.3 is 0 Å². The number of carbonyl (C=O) groups excluding carboxylic acids is 1. The van der Waals surface area contributed by atoms with Crippen molar-refractivity contribution >= 4 is 38.9 Å². The van der Waals surface area contributed by atoms with E-state index in [0.29, 0.717) is 22.5 Å². The molecule has 0 saturated heterocycles. The van der Waals surface area contributed by atoms with Crippen LogP contribution in [0.5, 0.6) is 0 Å².